The van der Waals surface area contributed by atoms with Crippen LogP contribution >= 0.6 is 15.9 Å². The number of amides is 1. The van der Waals surface area contributed by atoms with Crippen LogP contribution in [-0.2, 0) is 11.3 Å². The molecule has 0 aliphatic heterocycles. The summed E-state index contributed by atoms with van der Waals surface area (Å²) >= 11 is 3.45. The summed E-state index contributed by atoms with van der Waals surface area (Å²) in [6, 6.07) is 16.5. The smallest absolute Gasteiger partial charge is 0.273 e. The molecule has 0 aliphatic carbocycles. The maximum atomic E-state index is 12.9. The lowest BCUT2D eigenvalue weighted by Crippen LogP contribution is -2.32. The summed E-state index contributed by atoms with van der Waals surface area (Å²) in [6.07, 6.45) is 0. The Labute approximate surface area is 169 Å². The third kappa shape index (κ3) is 3.22. The predicted molar refractivity (Wildman–Crippen MR) is 112 cm³/mol. The molecule has 0 fully saturated rings. The van der Waals surface area contributed by atoms with Gasteiger partial charge in [0.2, 0.25) is 5.91 Å². The number of hydrogen-bond acceptors (Lipinski definition) is 3. The Morgan fingerprint density at radius 1 is 1.18 bits per heavy atom. The van der Waals surface area contributed by atoms with Crippen LogP contribution in [0.1, 0.15) is 24.2 Å². The summed E-state index contributed by atoms with van der Waals surface area (Å²) in [5.74, 6) is -0.110. The van der Waals surface area contributed by atoms with Crippen LogP contribution in [0.3, 0.4) is 0 Å². The van der Waals surface area contributed by atoms with E-state index in [1.54, 1.807) is 0 Å². The fourth-order valence-corrected chi connectivity index (χ4v) is 3.93. The fourth-order valence-electron chi connectivity index (χ4n) is 3.48. The van der Waals surface area contributed by atoms with Gasteiger partial charge in [-0.25, -0.2) is 4.52 Å². The van der Waals surface area contributed by atoms with E-state index in [0.29, 0.717) is 12.2 Å². The van der Waals surface area contributed by atoms with E-state index in [1.807, 2.05) is 71.6 Å². The van der Waals surface area contributed by atoms with Crippen molar-refractivity contribution in [3.63, 3.8) is 0 Å². The zero-order chi connectivity index (χ0) is 19.8. The van der Waals surface area contributed by atoms with Gasteiger partial charge >= 0.3 is 0 Å². The summed E-state index contributed by atoms with van der Waals surface area (Å²) in [5, 5.41) is 3.84. The average Bonchev–Trinajstić information content (AvgIpc) is 3.00. The summed E-state index contributed by atoms with van der Waals surface area (Å²) in [7, 11) is 0. The molecule has 4 rings (SSSR count). The minimum atomic E-state index is -0.488. The van der Waals surface area contributed by atoms with E-state index in [-0.39, 0.29) is 11.5 Å². The van der Waals surface area contributed by atoms with Crippen LogP contribution in [0.5, 0.6) is 0 Å². The fraction of sp³-hybridized carbons (Fsp3) is 0.190. The van der Waals surface area contributed by atoms with Crippen LogP contribution in [-0.4, -0.2) is 20.1 Å². The number of rotatable bonds is 4. The Bertz CT molecular complexity index is 1260. The van der Waals surface area contributed by atoms with Gasteiger partial charge in [-0.05, 0) is 43.7 Å². The lowest BCUT2D eigenvalue weighted by molar-refractivity contribution is -0.124. The molecule has 142 valence electrons. The molecule has 1 N–H and O–H groups in total. The maximum absolute atomic E-state index is 12.9. The monoisotopic (exact) mass is 438 g/mol. The van der Waals surface area contributed by atoms with E-state index in [9.17, 15) is 9.59 Å². The topological polar surface area (TPSA) is 68.4 Å². The third-order valence-corrected chi connectivity index (χ3v) is 5.29. The van der Waals surface area contributed by atoms with Crippen LogP contribution < -0.4 is 10.9 Å². The summed E-state index contributed by atoms with van der Waals surface area (Å²) < 4.78 is 4.71. The molecular formula is C21H19BrN4O2. The van der Waals surface area contributed by atoms with Crippen molar-refractivity contribution in [2.75, 3.05) is 0 Å². The number of nitrogens with one attached hydrogen (secondary N) is 1. The van der Waals surface area contributed by atoms with Crippen molar-refractivity contribution < 1.29 is 4.79 Å². The van der Waals surface area contributed by atoms with Crippen LogP contribution in [0.4, 0.5) is 0 Å². The third-order valence-electron chi connectivity index (χ3n) is 4.79. The zero-order valence-electron chi connectivity index (χ0n) is 15.5. The van der Waals surface area contributed by atoms with Crippen LogP contribution in [0.25, 0.3) is 16.6 Å². The number of para-hydroxylation sites is 1. The number of hydrogen-bond donors (Lipinski definition) is 1. The minimum Gasteiger partial charge on any atom is -0.350 e. The van der Waals surface area contributed by atoms with E-state index < -0.39 is 6.04 Å². The minimum absolute atomic E-state index is 0.110. The SMILES string of the molecule is Cc1cc(=O)nc2c3ccccc3n([C@H](C)C(=O)NCc3cccc(Br)c3)n12. The van der Waals surface area contributed by atoms with Gasteiger partial charge in [-0.2, -0.15) is 4.98 Å². The van der Waals surface area contributed by atoms with E-state index in [4.69, 9.17) is 0 Å². The summed E-state index contributed by atoms with van der Waals surface area (Å²) in [6.45, 7) is 4.13. The lowest BCUT2D eigenvalue weighted by Gasteiger charge is -2.18. The van der Waals surface area contributed by atoms with Gasteiger partial charge in [0.25, 0.3) is 5.56 Å². The molecule has 1 atom stereocenters. The largest absolute Gasteiger partial charge is 0.350 e. The van der Waals surface area contributed by atoms with Crippen LogP contribution in [0.2, 0.25) is 0 Å². The molecule has 1 amide bonds. The number of halogens is 1. The highest BCUT2D eigenvalue weighted by atomic mass is 79.9. The molecule has 0 radical (unpaired) electrons. The zero-order valence-corrected chi connectivity index (χ0v) is 17.1. The second-order valence-corrected chi connectivity index (χ2v) is 7.67. The molecule has 28 heavy (non-hydrogen) atoms. The molecule has 6 nitrogen and oxygen atoms in total. The molecule has 0 bridgehead atoms. The summed E-state index contributed by atoms with van der Waals surface area (Å²) in [4.78, 5) is 29.0. The van der Waals surface area contributed by atoms with E-state index >= 15 is 0 Å². The second-order valence-electron chi connectivity index (χ2n) is 6.76. The normalized spacial score (nSPS) is 12.4. The second kappa shape index (κ2) is 7.24. The lowest BCUT2D eigenvalue weighted by atomic mass is 10.2. The number of benzene rings is 2. The van der Waals surface area contributed by atoms with Crippen LogP contribution in [0.15, 0.2) is 63.9 Å². The number of nitrogens with zero attached hydrogens (tertiary/aromatic N) is 3. The van der Waals surface area contributed by atoms with Gasteiger partial charge in [0, 0.05) is 28.2 Å². The highest BCUT2D eigenvalue weighted by Crippen LogP contribution is 2.25. The molecule has 7 heteroatoms. The number of carbonyl (C=O) groups excluding carboxylic acids is 1. The first-order valence-corrected chi connectivity index (χ1v) is 9.77. The first-order valence-electron chi connectivity index (χ1n) is 8.97. The first kappa shape index (κ1) is 18.4. The molecule has 2 heterocycles. The predicted octanol–water partition coefficient (Wildman–Crippen LogP) is 3.60. The number of carbonyl (C=O) groups is 1. The Morgan fingerprint density at radius 2 is 1.96 bits per heavy atom. The average molecular weight is 439 g/mol. The molecule has 2 aromatic carbocycles. The van der Waals surface area contributed by atoms with Gasteiger partial charge in [0.1, 0.15) is 6.04 Å². The van der Waals surface area contributed by atoms with Crippen molar-refractivity contribution in [3.8, 4) is 0 Å². The number of aromatic nitrogens is 3. The standard InChI is InChI=1S/C21H19BrN4O2/c1-13-10-19(27)24-20-17-8-3-4-9-18(17)26(25(13)20)14(2)21(28)23-12-15-6-5-7-16(22)11-15/h3-11,14H,12H2,1-2H3,(H,23,28)/t14-/m1/s1. The highest BCUT2D eigenvalue weighted by molar-refractivity contribution is 9.10. The first-order chi connectivity index (χ1) is 13.5. The van der Waals surface area contributed by atoms with Gasteiger partial charge in [-0.15, -0.1) is 0 Å². The number of fused-ring (bicyclic) bond motifs is 3. The Morgan fingerprint density at radius 3 is 2.75 bits per heavy atom. The molecular weight excluding hydrogens is 420 g/mol. The van der Waals surface area contributed by atoms with E-state index in [2.05, 4.69) is 26.2 Å². The number of aryl methyl sites for hydroxylation is 1. The Hall–Kier alpha value is -2.93. The molecule has 2 aromatic heterocycles. The molecule has 0 saturated heterocycles. The van der Waals surface area contributed by atoms with Crippen molar-refractivity contribution in [1.82, 2.24) is 19.5 Å². The molecule has 0 aliphatic rings. The van der Waals surface area contributed by atoms with Crippen molar-refractivity contribution in [1.29, 1.82) is 0 Å². The van der Waals surface area contributed by atoms with Crippen molar-refractivity contribution in [3.05, 3.63) is 80.7 Å². The van der Waals surface area contributed by atoms with Gasteiger partial charge in [0.05, 0.1) is 5.52 Å². The van der Waals surface area contributed by atoms with Crippen molar-refractivity contribution in [2.45, 2.75) is 26.4 Å². The van der Waals surface area contributed by atoms with Gasteiger partial charge in [-0.3, -0.25) is 14.3 Å². The highest BCUT2D eigenvalue weighted by Gasteiger charge is 2.22. The molecule has 4 aromatic rings. The molecule has 0 saturated carbocycles. The maximum Gasteiger partial charge on any atom is 0.273 e. The van der Waals surface area contributed by atoms with Gasteiger partial charge in [-0.1, -0.05) is 40.2 Å². The van der Waals surface area contributed by atoms with Crippen LogP contribution in [0, 0.1) is 6.92 Å². The van der Waals surface area contributed by atoms with Crippen molar-refractivity contribution in [2.24, 2.45) is 0 Å². The molecule has 0 spiro atoms. The molecule has 0 unspecified atom stereocenters. The Balaban J connectivity index is 1.74. The quantitative estimate of drug-likeness (QED) is 0.529. The van der Waals surface area contributed by atoms with E-state index in [0.717, 1.165) is 26.6 Å². The summed E-state index contributed by atoms with van der Waals surface area (Å²) in [5.41, 5.74) is 2.88. The van der Waals surface area contributed by atoms with Crippen molar-refractivity contribution >= 4 is 38.4 Å². The van der Waals surface area contributed by atoms with E-state index in [1.165, 1.54) is 6.07 Å². The van der Waals surface area contributed by atoms with Gasteiger partial charge < -0.3 is 5.32 Å². The Kier molecular flexibility index (Phi) is 4.77. The van der Waals surface area contributed by atoms with Gasteiger partial charge in [0.15, 0.2) is 5.65 Å².